The molecule has 1 aliphatic heterocycles. The molecule has 1 atom stereocenters. The van der Waals surface area contributed by atoms with Crippen LogP contribution in [0.25, 0.3) is 0 Å². The van der Waals surface area contributed by atoms with E-state index in [0.29, 0.717) is 27.4 Å². The van der Waals surface area contributed by atoms with E-state index in [-0.39, 0.29) is 18.1 Å². The van der Waals surface area contributed by atoms with Crippen LogP contribution in [0.4, 0.5) is 4.39 Å². The summed E-state index contributed by atoms with van der Waals surface area (Å²) >= 11 is 2.64. The fraction of sp³-hybridized carbons (Fsp3) is 0.227. The van der Waals surface area contributed by atoms with Crippen molar-refractivity contribution in [1.29, 1.82) is 5.26 Å². The van der Waals surface area contributed by atoms with Crippen LogP contribution >= 0.6 is 23.1 Å². The first-order chi connectivity index (χ1) is 14.5. The zero-order valence-electron chi connectivity index (χ0n) is 16.4. The van der Waals surface area contributed by atoms with Crippen LogP contribution in [0.2, 0.25) is 0 Å². The lowest BCUT2D eigenvalue weighted by atomic mass is 9.87. The van der Waals surface area contributed by atoms with E-state index in [1.54, 1.807) is 13.8 Å². The van der Waals surface area contributed by atoms with E-state index in [1.165, 1.54) is 47.4 Å². The Bertz CT molecular complexity index is 1050. The van der Waals surface area contributed by atoms with Crippen molar-refractivity contribution in [3.05, 3.63) is 79.9 Å². The number of hydrogen-bond acceptors (Lipinski definition) is 7. The molecule has 2 heterocycles. The van der Waals surface area contributed by atoms with Crippen LogP contribution in [0.3, 0.4) is 0 Å². The van der Waals surface area contributed by atoms with Crippen molar-refractivity contribution in [1.82, 2.24) is 5.32 Å². The number of esters is 1. The van der Waals surface area contributed by atoms with Gasteiger partial charge >= 0.3 is 5.97 Å². The monoisotopic (exact) mass is 442 g/mol. The van der Waals surface area contributed by atoms with Crippen LogP contribution in [-0.2, 0) is 9.53 Å². The Morgan fingerprint density at radius 3 is 2.63 bits per heavy atom. The summed E-state index contributed by atoms with van der Waals surface area (Å²) < 4.78 is 18.3. The number of nitriles is 1. The minimum absolute atomic E-state index is 0.0678. The molecule has 1 aromatic heterocycles. The predicted octanol–water partition coefficient (Wildman–Crippen LogP) is 4.76. The molecule has 30 heavy (non-hydrogen) atoms. The molecule has 0 spiro atoms. The topological polar surface area (TPSA) is 79.2 Å². The average Bonchev–Trinajstić information content (AvgIpc) is 3.26. The molecular formula is C22H19FN2O3S2. The fourth-order valence-corrected chi connectivity index (χ4v) is 4.93. The number of nitrogens with zero attached hydrogens (tertiary/aromatic N) is 1. The van der Waals surface area contributed by atoms with Crippen LogP contribution in [-0.4, -0.2) is 24.1 Å². The Hall–Kier alpha value is -2.89. The molecule has 154 valence electrons. The number of dihydropyridines is 1. The molecule has 0 amide bonds. The third-order valence-electron chi connectivity index (χ3n) is 4.48. The van der Waals surface area contributed by atoms with Gasteiger partial charge in [0.25, 0.3) is 0 Å². The van der Waals surface area contributed by atoms with Crippen LogP contribution in [0.5, 0.6) is 0 Å². The second-order valence-corrected chi connectivity index (χ2v) is 8.37. The number of halogens is 1. The largest absolute Gasteiger partial charge is 0.463 e. The van der Waals surface area contributed by atoms with Gasteiger partial charge in [0.15, 0.2) is 5.78 Å². The van der Waals surface area contributed by atoms with Crippen molar-refractivity contribution < 1.29 is 18.7 Å². The van der Waals surface area contributed by atoms with Crippen molar-refractivity contribution in [2.75, 3.05) is 12.4 Å². The summed E-state index contributed by atoms with van der Waals surface area (Å²) in [6.07, 6.45) is 0. The molecule has 0 saturated carbocycles. The van der Waals surface area contributed by atoms with Crippen molar-refractivity contribution in [2.45, 2.75) is 19.8 Å². The number of benzene rings is 1. The van der Waals surface area contributed by atoms with Crippen LogP contribution in [0.15, 0.2) is 63.7 Å². The maximum Gasteiger partial charge on any atom is 0.336 e. The van der Waals surface area contributed by atoms with Crippen LogP contribution in [0, 0.1) is 17.1 Å². The molecule has 0 unspecified atom stereocenters. The molecule has 1 N–H and O–H groups in total. The lowest BCUT2D eigenvalue weighted by Crippen LogP contribution is -2.28. The van der Waals surface area contributed by atoms with Gasteiger partial charge in [0.1, 0.15) is 5.82 Å². The molecule has 1 aromatic carbocycles. The van der Waals surface area contributed by atoms with Gasteiger partial charge in [-0.1, -0.05) is 17.8 Å². The van der Waals surface area contributed by atoms with Gasteiger partial charge in [0, 0.05) is 16.1 Å². The first kappa shape index (κ1) is 21.8. The van der Waals surface area contributed by atoms with Gasteiger partial charge in [-0.2, -0.15) is 5.26 Å². The summed E-state index contributed by atoms with van der Waals surface area (Å²) in [5, 5.41) is 15.4. The highest BCUT2D eigenvalue weighted by Crippen LogP contribution is 2.42. The maximum atomic E-state index is 13.1. The van der Waals surface area contributed by atoms with Gasteiger partial charge in [-0.15, -0.1) is 11.3 Å². The number of carbonyl (C=O) groups excluding carboxylic acids is 2. The molecule has 0 saturated heterocycles. The average molecular weight is 443 g/mol. The van der Waals surface area contributed by atoms with Crippen molar-refractivity contribution >= 4 is 34.9 Å². The zero-order valence-corrected chi connectivity index (χ0v) is 18.0. The molecule has 5 nitrogen and oxygen atoms in total. The second-order valence-electron chi connectivity index (χ2n) is 6.41. The number of ketones is 1. The van der Waals surface area contributed by atoms with Crippen molar-refractivity contribution in [3.63, 3.8) is 0 Å². The molecule has 3 rings (SSSR count). The first-order valence-corrected chi connectivity index (χ1v) is 11.1. The molecule has 0 fully saturated rings. The number of rotatable bonds is 7. The van der Waals surface area contributed by atoms with Gasteiger partial charge in [-0.05, 0) is 49.6 Å². The summed E-state index contributed by atoms with van der Waals surface area (Å²) in [7, 11) is 0. The summed E-state index contributed by atoms with van der Waals surface area (Å²) in [6.45, 7) is 3.71. The molecule has 0 radical (unpaired) electrons. The molecule has 0 aliphatic carbocycles. The first-order valence-electron chi connectivity index (χ1n) is 9.20. The van der Waals surface area contributed by atoms with Gasteiger partial charge in [-0.3, -0.25) is 4.79 Å². The lowest BCUT2D eigenvalue weighted by molar-refractivity contribution is -0.138. The third-order valence-corrected chi connectivity index (χ3v) is 6.44. The highest BCUT2D eigenvalue weighted by atomic mass is 32.2. The lowest BCUT2D eigenvalue weighted by Gasteiger charge is -2.28. The van der Waals surface area contributed by atoms with Crippen LogP contribution in [0.1, 0.15) is 35.0 Å². The minimum atomic E-state index is -0.557. The van der Waals surface area contributed by atoms with E-state index in [4.69, 9.17) is 4.74 Å². The number of thiophene rings is 1. The van der Waals surface area contributed by atoms with E-state index < -0.39 is 17.7 Å². The Morgan fingerprint density at radius 1 is 1.30 bits per heavy atom. The standard InChI is InChI=1S/C22H19FN2O3S2/c1-3-28-22(27)19-13(2)25-21(16(11-24)20(19)18-5-4-10-29-18)30-12-17(26)14-6-8-15(23)9-7-14/h4-10,20,25H,3,12H2,1-2H3/t20-/m1/s1. The number of Topliss-reactive ketones (excluding diaryl/α,β-unsaturated/α-hetero) is 1. The van der Waals surface area contributed by atoms with E-state index in [2.05, 4.69) is 11.4 Å². The molecule has 1 aliphatic rings. The summed E-state index contributed by atoms with van der Waals surface area (Å²) in [5.74, 6) is -1.55. The Balaban J connectivity index is 1.91. The van der Waals surface area contributed by atoms with Crippen molar-refractivity contribution in [2.24, 2.45) is 0 Å². The number of carbonyl (C=O) groups is 2. The quantitative estimate of drug-likeness (QED) is 0.492. The number of ether oxygens (including phenoxy) is 1. The summed E-state index contributed by atoms with van der Waals surface area (Å²) in [6, 6.07) is 11.3. The molecule has 0 bridgehead atoms. The maximum absolute atomic E-state index is 13.1. The normalized spacial score (nSPS) is 16.1. The fourth-order valence-electron chi connectivity index (χ4n) is 3.10. The smallest absolute Gasteiger partial charge is 0.336 e. The van der Waals surface area contributed by atoms with E-state index in [9.17, 15) is 19.2 Å². The second kappa shape index (κ2) is 9.74. The third kappa shape index (κ3) is 4.64. The van der Waals surface area contributed by atoms with Gasteiger partial charge < -0.3 is 10.1 Å². The predicted molar refractivity (Wildman–Crippen MR) is 115 cm³/mol. The van der Waals surface area contributed by atoms with Crippen LogP contribution < -0.4 is 5.32 Å². The zero-order chi connectivity index (χ0) is 21.7. The summed E-state index contributed by atoms with van der Waals surface area (Å²) in [5.41, 5.74) is 1.74. The van der Waals surface area contributed by atoms with E-state index in [0.717, 1.165) is 4.88 Å². The van der Waals surface area contributed by atoms with E-state index in [1.807, 2.05) is 17.5 Å². The SMILES string of the molecule is CCOC(=O)C1=C(C)NC(SCC(=O)c2ccc(F)cc2)=C(C#N)[C@@H]1c1cccs1. The minimum Gasteiger partial charge on any atom is -0.463 e. The molecule has 8 heteroatoms. The van der Waals surface area contributed by atoms with Crippen molar-refractivity contribution in [3.8, 4) is 6.07 Å². The number of hydrogen-bond donors (Lipinski definition) is 1. The van der Waals surface area contributed by atoms with E-state index >= 15 is 0 Å². The van der Waals surface area contributed by atoms with Gasteiger partial charge in [0.2, 0.25) is 0 Å². The van der Waals surface area contributed by atoms with Gasteiger partial charge in [-0.25, -0.2) is 9.18 Å². The molecule has 2 aromatic rings. The highest BCUT2D eigenvalue weighted by Gasteiger charge is 2.36. The van der Waals surface area contributed by atoms with Gasteiger partial charge in [0.05, 0.1) is 40.5 Å². The Labute approximate surface area is 182 Å². The Morgan fingerprint density at radius 2 is 2.03 bits per heavy atom. The molecular weight excluding hydrogens is 423 g/mol. The highest BCUT2D eigenvalue weighted by molar-refractivity contribution is 8.03. The number of thioether (sulfide) groups is 1. The summed E-state index contributed by atoms with van der Waals surface area (Å²) in [4.78, 5) is 26.0. The number of nitrogens with one attached hydrogen (secondary N) is 1. The number of allylic oxidation sites excluding steroid dienone is 2. The Kier molecular flexibility index (Phi) is 7.08.